The third-order valence-electron chi connectivity index (χ3n) is 4.41. The number of anilines is 1. The van der Waals surface area contributed by atoms with Crippen LogP contribution in [0.5, 0.6) is 11.5 Å². The van der Waals surface area contributed by atoms with Crippen molar-refractivity contribution in [2.24, 2.45) is 7.05 Å². The smallest absolute Gasteiger partial charge is 0.234 e. The molecule has 0 saturated carbocycles. The highest BCUT2D eigenvalue weighted by Gasteiger charge is 2.14. The molecule has 2 aromatic carbocycles. The van der Waals surface area contributed by atoms with Crippen molar-refractivity contribution in [3.8, 4) is 11.5 Å². The molecule has 0 aliphatic heterocycles. The second kappa shape index (κ2) is 10.3. The number of carbonyl (C=O) groups is 1. The number of hydrogen-bond donors (Lipinski definition) is 1. The third kappa shape index (κ3) is 5.97. The van der Waals surface area contributed by atoms with Crippen molar-refractivity contribution >= 4 is 23.4 Å². The molecule has 3 aromatic rings. The van der Waals surface area contributed by atoms with E-state index in [-0.39, 0.29) is 24.0 Å². The summed E-state index contributed by atoms with van der Waals surface area (Å²) in [5.74, 6) is 1.21. The Hall–Kier alpha value is -3.07. The zero-order valence-electron chi connectivity index (χ0n) is 17.9. The topological polar surface area (TPSA) is 78.3 Å². The molecule has 0 atom stereocenters. The molecular formula is C22H25FN4O3S. The van der Waals surface area contributed by atoms with Gasteiger partial charge in [0.05, 0.1) is 18.0 Å². The van der Waals surface area contributed by atoms with Gasteiger partial charge in [0.1, 0.15) is 12.4 Å². The van der Waals surface area contributed by atoms with E-state index < -0.39 is 5.82 Å². The highest BCUT2D eigenvalue weighted by atomic mass is 32.2. The van der Waals surface area contributed by atoms with Crippen LogP contribution in [-0.4, -0.2) is 33.0 Å². The van der Waals surface area contributed by atoms with Gasteiger partial charge in [0.2, 0.25) is 5.91 Å². The van der Waals surface area contributed by atoms with Crippen LogP contribution in [0.15, 0.2) is 41.6 Å². The number of amides is 1. The van der Waals surface area contributed by atoms with Crippen molar-refractivity contribution in [1.82, 2.24) is 14.8 Å². The standard InChI is InChI=1S/C22H25FN4O3S/c1-5-29-19-11-15(3)7-9-18(19)30-12-20-25-26-22(27(20)4)31-13-21(28)24-17-8-6-14(2)10-16(17)23/h6-11H,5,12-13H2,1-4H3,(H,24,28). The van der Waals surface area contributed by atoms with E-state index in [2.05, 4.69) is 15.5 Å². The molecule has 0 aliphatic carbocycles. The summed E-state index contributed by atoms with van der Waals surface area (Å²) in [6.45, 7) is 6.44. The van der Waals surface area contributed by atoms with Gasteiger partial charge in [0.25, 0.3) is 0 Å². The summed E-state index contributed by atoms with van der Waals surface area (Å²) >= 11 is 1.21. The maximum absolute atomic E-state index is 13.9. The fourth-order valence-electron chi connectivity index (χ4n) is 2.78. The van der Waals surface area contributed by atoms with Crippen molar-refractivity contribution in [3.63, 3.8) is 0 Å². The Kier molecular flexibility index (Phi) is 7.51. The fourth-order valence-corrected chi connectivity index (χ4v) is 3.51. The number of halogens is 1. The summed E-state index contributed by atoms with van der Waals surface area (Å²) in [6.07, 6.45) is 0. The molecule has 164 valence electrons. The maximum Gasteiger partial charge on any atom is 0.234 e. The SMILES string of the molecule is CCOc1cc(C)ccc1OCc1nnc(SCC(=O)Nc2ccc(C)cc2F)n1C. The first kappa shape index (κ1) is 22.6. The molecule has 7 nitrogen and oxygen atoms in total. The molecule has 0 spiro atoms. The number of nitrogens with zero attached hydrogens (tertiary/aromatic N) is 3. The minimum atomic E-state index is -0.459. The zero-order valence-corrected chi connectivity index (χ0v) is 18.8. The molecule has 1 aromatic heterocycles. The highest BCUT2D eigenvalue weighted by molar-refractivity contribution is 7.99. The van der Waals surface area contributed by atoms with E-state index in [4.69, 9.17) is 9.47 Å². The van der Waals surface area contributed by atoms with Gasteiger partial charge < -0.3 is 19.4 Å². The van der Waals surface area contributed by atoms with Crippen molar-refractivity contribution in [3.05, 3.63) is 59.2 Å². The highest BCUT2D eigenvalue weighted by Crippen LogP contribution is 2.29. The second-order valence-corrected chi connectivity index (χ2v) is 7.89. The molecule has 0 radical (unpaired) electrons. The van der Waals surface area contributed by atoms with E-state index >= 15 is 0 Å². The molecule has 1 N–H and O–H groups in total. The predicted octanol–water partition coefficient (Wildman–Crippen LogP) is 4.28. The average Bonchev–Trinajstić information content (AvgIpc) is 3.08. The lowest BCUT2D eigenvalue weighted by molar-refractivity contribution is -0.113. The fraction of sp³-hybridized carbons (Fsp3) is 0.318. The summed E-state index contributed by atoms with van der Waals surface area (Å²) in [4.78, 5) is 12.2. The zero-order chi connectivity index (χ0) is 22.4. The molecule has 3 rings (SSSR count). The third-order valence-corrected chi connectivity index (χ3v) is 5.43. The van der Waals surface area contributed by atoms with E-state index in [9.17, 15) is 9.18 Å². The second-order valence-electron chi connectivity index (χ2n) is 6.95. The first-order chi connectivity index (χ1) is 14.9. The summed E-state index contributed by atoms with van der Waals surface area (Å²) in [7, 11) is 1.80. The Morgan fingerprint density at radius 1 is 1.10 bits per heavy atom. The molecule has 0 bridgehead atoms. The van der Waals surface area contributed by atoms with Crippen LogP contribution < -0.4 is 14.8 Å². The summed E-state index contributed by atoms with van der Waals surface area (Å²) in [5.41, 5.74) is 2.03. The van der Waals surface area contributed by atoms with Gasteiger partial charge in [-0.1, -0.05) is 23.9 Å². The molecule has 1 heterocycles. The monoisotopic (exact) mass is 444 g/mol. The number of rotatable bonds is 9. The van der Waals surface area contributed by atoms with E-state index in [0.717, 1.165) is 11.1 Å². The molecule has 0 fully saturated rings. The largest absolute Gasteiger partial charge is 0.490 e. The average molecular weight is 445 g/mol. The lowest BCUT2D eigenvalue weighted by Crippen LogP contribution is -2.15. The van der Waals surface area contributed by atoms with Gasteiger partial charge >= 0.3 is 0 Å². The normalized spacial score (nSPS) is 10.7. The molecular weight excluding hydrogens is 419 g/mol. The molecule has 0 unspecified atom stereocenters. The quantitative estimate of drug-likeness (QED) is 0.497. The lowest BCUT2D eigenvalue weighted by atomic mass is 10.2. The molecule has 31 heavy (non-hydrogen) atoms. The van der Waals surface area contributed by atoms with Crippen LogP contribution in [0.25, 0.3) is 0 Å². The van der Waals surface area contributed by atoms with Gasteiger partial charge in [-0.2, -0.15) is 0 Å². The number of ether oxygens (including phenoxy) is 2. The van der Waals surface area contributed by atoms with Gasteiger partial charge in [-0.3, -0.25) is 4.79 Å². The number of aromatic nitrogens is 3. The van der Waals surface area contributed by atoms with Crippen LogP contribution in [0.3, 0.4) is 0 Å². The lowest BCUT2D eigenvalue weighted by Gasteiger charge is -2.12. The Labute approximate surface area is 185 Å². The van der Waals surface area contributed by atoms with Crippen LogP contribution in [-0.2, 0) is 18.4 Å². The number of thioether (sulfide) groups is 1. The maximum atomic E-state index is 13.9. The Balaban J connectivity index is 1.57. The van der Waals surface area contributed by atoms with Crippen LogP contribution in [0.2, 0.25) is 0 Å². The Morgan fingerprint density at radius 2 is 1.84 bits per heavy atom. The summed E-state index contributed by atoms with van der Waals surface area (Å²) in [5, 5.41) is 11.4. The predicted molar refractivity (Wildman–Crippen MR) is 118 cm³/mol. The van der Waals surface area contributed by atoms with Crippen molar-refractivity contribution < 1.29 is 18.7 Å². The number of benzene rings is 2. The van der Waals surface area contributed by atoms with E-state index in [1.807, 2.05) is 32.0 Å². The van der Waals surface area contributed by atoms with Crippen molar-refractivity contribution in [2.75, 3.05) is 17.7 Å². The number of carbonyl (C=O) groups excluding carboxylic acids is 1. The van der Waals surface area contributed by atoms with Gasteiger partial charge in [-0.05, 0) is 56.2 Å². The van der Waals surface area contributed by atoms with E-state index in [1.165, 1.54) is 17.8 Å². The number of hydrogen-bond acceptors (Lipinski definition) is 6. The van der Waals surface area contributed by atoms with Gasteiger partial charge in [-0.25, -0.2) is 4.39 Å². The summed E-state index contributed by atoms with van der Waals surface area (Å²) < 4.78 is 27.2. The molecule has 0 saturated heterocycles. The summed E-state index contributed by atoms with van der Waals surface area (Å²) in [6, 6.07) is 10.4. The van der Waals surface area contributed by atoms with Crippen LogP contribution in [0.1, 0.15) is 23.9 Å². The van der Waals surface area contributed by atoms with Gasteiger partial charge in [0, 0.05) is 7.05 Å². The number of nitrogens with one attached hydrogen (secondary N) is 1. The van der Waals surface area contributed by atoms with Crippen molar-refractivity contribution in [2.45, 2.75) is 32.5 Å². The van der Waals surface area contributed by atoms with Crippen molar-refractivity contribution in [1.29, 1.82) is 0 Å². The molecule has 9 heteroatoms. The molecule has 1 amide bonds. The minimum absolute atomic E-state index is 0.0760. The van der Waals surface area contributed by atoms with Crippen LogP contribution >= 0.6 is 11.8 Å². The van der Waals surface area contributed by atoms with E-state index in [1.54, 1.807) is 30.7 Å². The first-order valence-electron chi connectivity index (χ1n) is 9.80. The van der Waals surface area contributed by atoms with Crippen LogP contribution in [0, 0.1) is 19.7 Å². The van der Waals surface area contributed by atoms with Gasteiger partial charge in [0.15, 0.2) is 22.5 Å². The first-order valence-corrected chi connectivity index (χ1v) is 10.8. The van der Waals surface area contributed by atoms with E-state index in [0.29, 0.717) is 29.1 Å². The molecule has 0 aliphatic rings. The van der Waals surface area contributed by atoms with Gasteiger partial charge in [-0.15, -0.1) is 10.2 Å². The minimum Gasteiger partial charge on any atom is -0.490 e. The Bertz CT molecular complexity index is 1070. The Morgan fingerprint density at radius 3 is 2.58 bits per heavy atom. The van der Waals surface area contributed by atoms with Crippen LogP contribution in [0.4, 0.5) is 10.1 Å². The number of aryl methyl sites for hydroxylation is 2.